The molecule has 29 heavy (non-hydrogen) atoms. The fraction of sp³-hybridized carbons (Fsp3) is 0.286. The van der Waals surface area contributed by atoms with Crippen molar-refractivity contribution < 1.29 is 19.1 Å². The van der Waals surface area contributed by atoms with Gasteiger partial charge in [-0.25, -0.2) is 0 Å². The smallest absolute Gasteiger partial charge is 0.311 e. The Morgan fingerprint density at radius 3 is 2.69 bits per heavy atom. The molecular weight excluding hydrogens is 460 g/mol. The van der Waals surface area contributed by atoms with E-state index in [-0.39, 0.29) is 18.9 Å². The third kappa shape index (κ3) is 5.16. The number of aryl methyl sites for hydroxylation is 2. The number of carbonyl (C=O) groups is 3. The zero-order valence-electron chi connectivity index (χ0n) is 16.0. The van der Waals surface area contributed by atoms with Crippen LogP contribution in [0.3, 0.4) is 0 Å². The van der Waals surface area contributed by atoms with Gasteiger partial charge in [0.2, 0.25) is 5.91 Å². The highest BCUT2D eigenvalue weighted by Gasteiger charge is 2.36. The van der Waals surface area contributed by atoms with Crippen molar-refractivity contribution in [3.8, 4) is 0 Å². The predicted octanol–water partition coefficient (Wildman–Crippen LogP) is 4.25. The van der Waals surface area contributed by atoms with Crippen molar-refractivity contribution in [2.45, 2.75) is 20.3 Å². The number of rotatable bonds is 5. The van der Waals surface area contributed by atoms with Gasteiger partial charge in [0.1, 0.15) is 0 Å². The first kappa shape index (κ1) is 21.3. The van der Waals surface area contributed by atoms with Crippen LogP contribution in [0.1, 0.15) is 17.5 Å². The van der Waals surface area contributed by atoms with Gasteiger partial charge in [0, 0.05) is 28.8 Å². The normalized spacial score (nSPS) is 16.1. The SMILES string of the molecule is Cc1ccc(N2C[C@@H](C(=O)OCC(=O)Nc3ccc(Br)c(Cl)c3)CC2=O)c(C)c1. The number of anilines is 2. The summed E-state index contributed by atoms with van der Waals surface area (Å²) in [5, 5.41) is 3.07. The quantitative estimate of drug-likeness (QED) is 0.651. The van der Waals surface area contributed by atoms with Gasteiger partial charge in [0.15, 0.2) is 6.61 Å². The van der Waals surface area contributed by atoms with Crippen molar-refractivity contribution in [2.24, 2.45) is 5.92 Å². The largest absolute Gasteiger partial charge is 0.455 e. The molecule has 0 radical (unpaired) electrons. The molecule has 1 heterocycles. The lowest BCUT2D eigenvalue weighted by molar-refractivity contribution is -0.151. The van der Waals surface area contributed by atoms with E-state index in [0.29, 0.717) is 15.2 Å². The molecule has 6 nitrogen and oxygen atoms in total. The maximum Gasteiger partial charge on any atom is 0.311 e. The van der Waals surface area contributed by atoms with E-state index in [2.05, 4.69) is 21.2 Å². The highest BCUT2D eigenvalue weighted by atomic mass is 79.9. The lowest BCUT2D eigenvalue weighted by Gasteiger charge is -2.19. The van der Waals surface area contributed by atoms with Crippen LogP contribution >= 0.6 is 27.5 Å². The molecule has 2 aromatic rings. The Labute approximate surface area is 182 Å². The summed E-state index contributed by atoms with van der Waals surface area (Å²) in [4.78, 5) is 38.4. The van der Waals surface area contributed by atoms with E-state index in [1.54, 1.807) is 23.1 Å². The Balaban J connectivity index is 1.55. The first-order valence-corrected chi connectivity index (χ1v) is 10.2. The third-order valence-electron chi connectivity index (χ3n) is 4.65. The van der Waals surface area contributed by atoms with Gasteiger partial charge in [-0.15, -0.1) is 0 Å². The molecule has 3 rings (SSSR count). The Morgan fingerprint density at radius 2 is 2.00 bits per heavy atom. The molecule has 1 aliphatic heterocycles. The number of nitrogens with one attached hydrogen (secondary N) is 1. The molecule has 2 amide bonds. The lowest BCUT2D eigenvalue weighted by Crippen LogP contribution is -2.28. The van der Waals surface area contributed by atoms with Crippen LogP contribution in [0.2, 0.25) is 5.02 Å². The van der Waals surface area contributed by atoms with Gasteiger partial charge < -0.3 is 15.0 Å². The summed E-state index contributed by atoms with van der Waals surface area (Å²) in [6.45, 7) is 3.72. The predicted molar refractivity (Wildman–Crippen MR) is 115 cm³/mol. The fourth-order valence-corrected chi connectivity index (χ4v) is 3.66. The molecule has 0 unspecified atom stereocenters. The van der Waals surface area contributed by atoms with E-state index in [4.69, 9.17) is 16.3 Å². The van der Waals surface area contributed by atoms with Gasteiger partial charge in [0.05, 0.1) is 10.9 Å². The van der Waals surface area contributed by atoms with Crippen molar-refractivity contribution in [1.82, 2.24) is 0 Å². The molecule has 152 valence electrons. The second kappa shape index (κ2) is 8.97. The summed E-state index contributed by atoms with van der Waals surface area (Å²) < 4.78 is 5.83. The molecule has 1 aliphatic rings. The van der Waals surface area contributed by atoms with Gasteiger partial charge in [-0.2, -0.15) is 0 Å². The minimum Gasteiger partial charge on any atom is -0.455 e. The van der Waals surface area contributed by atoms with Crippen LogP contribution in [-0.4, -0.2) is 30.9 Å². The van der Waals surface area contributed by atoms with Gasteiger partial charge in [-0.1, -0.05) is 29.3 Å². The van der Waals surface area contributed by atoms with Crippen molar-refractivity contribution >= 4 is 56.7 Å². The highest BCUT2D eigenvalue weighted by Crippen LogP contribution is 2.29. The maximum absolute atomic E-state index is 12.4. The Kier molecular flexibility index (Phi) is 6.59. The first-order chi connectivity index (χ1) is 13.7. The Morgan fingerprint density at radius 1 is 1.24 bits per heavy atom. The summed E-state index contributed by atoms with van der Waals surface area (Å²) in [5.41, 5.74) is 3.36. The maximum atomic E-state index is 12.4. The van der Waals surface area contributed by atoms with Crippen molar-refractivity contribution in [2.75, 3.05) is 23.4 Å². The molecular formula is C21H20BrClN2O4. The summed E-state index contributed by atoms with van der Waals surface area (Å²) in [7, 11) is 0. The summed E-state index contributed by atoms with van der Waals surface area (Å²) in [6.07, 6.45) is 0.0656. The number of hydrogen-bond acceptors (Lipinski definition) is 4. The van der Waals surface area contributed by atoms with E-state index in [1.165, 1.54) is 0 Å². The lowest BCUT2D eigenvalue weighted by atomic mass is 10.1. The number of ether oxygens (including phenoxy) is 1. The van der Waals surface area contributed by atoms with Gasteiger partial charge in [-0.3, -0.25) is 14.4 Å². The molecule has 1 N–H and O–H groups in total. The molecule has 1 atom stereocenters. The molecule has 8 heteroatoms. The molecule has 0 spiro atoms. The number of hydrogen-bond donors (Lipinski definition) is 1. The number of amides is 2. The van der Waals surface area contributed by atoms with Gasteiger partial charge in [0.25, 0.3) is 5.91 Å². The van der Waals surface area contributed by atoms with Crippen molar-refractivity contribution in [3.05, 3.63) is 57.0 Å². The molecule has 1 fully saturated rings. The van der Waals surface area contributed by atoms with Crippen LogP contribution in [0.25, 0.3) is 0 Å². The van der Waals surface area contributed by atoms with Crippen LogP contribution in [0, 0.1) is 19.8 Å². The van der Waals surface area contributed by atoms with Gasteiger partial charge in [-0.05, 0) is 59.6 Å². The number of nitrogens with zero attached hydrogens (tertiary/aromatic N) is 1. The molecule has 0 aliphatic carbocycles. The zero-order chi connectivity index (χ0) is 21.1. The highest BCUT2D eigenvalue weighted by molar-refractivity contribution is 9.10. The Bertz CT molecular complexity index is 979. The topological polar surface area (TPSA) is 75.7 Å². The minimum absolute atomic E-state index is 0.0656. The first-order valence-electron chi connectivity index (χ1n) is 9.03. The number of esters is 1. The van der Waals surface area contributed by atoms with E-state index in [1.807, 2.05) is 32.0 Å². The average Bonchev–Trinajstić information content (AvgIpc) is 3.04. The average molecular weight is 480 g/mol. The Hall–Kier alpha value is -2.38. The minimum atomic E-state index is -0.599. The summed E-state index contributed by atoms with van der Waals surface area (Å²) in [5.74, 6) is -1.77. The standard InChI is InChI=1S/C21H20BrClN2O4/c1-12-3-6-18(13(2)7-12)25-10-14(8-20(25)27)21(28)29-11-19(26)24-15-4-5-16(22)17(23)9-15/h3-7,9,14H,8,10-11H2,1-2H3,(H,24,26)/t14-/m0/s1. The van der Waals surface area contributed by atoms with Gasteiger partial charge >= 0.3 is 5.97 Å². The molecule has 0 aromatic heterocycles. The van der Waals surface area contributed by atoms with E-state index < -0.39 is 24.4 Å². The second-order valence-corrected chi connectivity index (χ2v) is 8.24. The number of carbonyl (C=O) groups excluding carboxylic acids is 3. The summed E-state index contributed by atoms with van der Waals surface area (Å²) >= 11 is 9.26. The van der Waals surface area contributed by atoms with Crippen LogP contribution in [0.15, 0.2) is 40.9 Å². The second-order valence-electron chi connectivity index (χ2n) is 6.98. The number of benzene rings is 2. The third-order valence-corrected chi connectivity index (χ3v) is 5.88. The molecule has 0 bridgehead atoms. The van der Waals surface area contributed by atoms with Crippen LogP contribution in [0.5, 0.6) is 0 Å². The van der Waals surface area contributed by atoms with Crippen molar-refractivity contribution in [3.63, 3.8) is 0 Å². The van der Waals surface area contributed by atoms with E-state index in [0.717, 1.165) is 16.8 Å². The fourth-order valence-electron chi connectivity index (χ4n) is 3.23. The molecule has 0 saturated carbocycles. The van der Waals surface area contributed by atoms with Crippen LogP contribution < -0.4 is 10.2 Å². The molecule has 1 saturated heterocycles. The van der Waals surface area contributed by atoms with Crippen LogP contribution in [0.4, 0.5) is 11.4 Å². The zero-order valence-corrected chi connectivity index (χ0v) is 18.3. The monoisotopic (exact) mass is 478 g/mol. The van der Waals surface area contributed by atoms with E-state index in [9.17, 15) is 14.4 Å². The molecule has 2 aromatic carbocycles. The van der Waals surface area contributed by atoms with Crippen molar-refractivity contribution in [1.29, 1.82) is 0 Å². The number of halogens is 2. The summed E-state index contributed by atoms with van der Waals surface area (Å²) in [6, 6.07) is 10.8. The van der Waals surface area contributed by atoms with E-state index >= 15 is 0 Å². The van der Waals surface area contributed by atoms with Crippen LogP contribution in [-0.2, 0) is 19.1 Å².